The number of nitrogens with zero attached hydrogens (tertiary/aromatic N) is 3. The smallest absolute Gasteiger partial charge is 0.270 e. The Labute approximate surface area is 144 Å². The second kappa shape index (κ2) is 6.54. The molecule has 1 amide bonds. The van der Waals surface area contributed by atoms with Gasteiger partial charge in [-0.2, -0.15) is 5.10 Å². The molecule has 3 N–H and O–H groups in total. The van der Waals surface area contributed by atoms with Gasteiger partial charge in [0, 0.05) is 29.2 Å². The molecule has 0 aliphatic rings. The summed E-state index contributed by atoms with van der Waals surface area (Å²) in [5.74, 6) is -0.216. The lowest BCUT2D eigenvalue weighted by atomic mass is 10.1. The van der Waals surface area contributed by atoms with E-state index in [1.165, 1.54) is 11.3 Å². The summed E-state index contributed by atoms with van der Waals surface area (Å²) in [4.78, 5) is 16.5. The van der Waals surface area contributed by atoms with E-state index in [4.69, 9.17) is 5.73 Å². The number of hydrogen-bond acceptors (Lipinski definition) is 5. The second-order valence-electron chi connectivity index (χ2n) is 6.22. The maximum absolute atomic E-state index is 12.1. The zero-order valence-electron chi connectivity index (χ0n) is 13.6. The summed E-state index contributed by atoms with van der Waals surface area (Å²) in [6.07, 6.45) is 3.65. The molecule has 2 heterocycles. The maximum Gasteiger partial charge on any atom is 0.270 e. The highest BCUT2D eigenvalue weighted by molar-refractivity contribution is 7.13. The van der Waals surface area contributed by atoms with Crippen molar-refractivity contribution in [2.45, 2.75) is 19.4 Å². The molecule has 0 fully saturated rings. The van der Waals surface area contributed by atoms with E-state index in [9.17, 15) is 4.79 Å². The highest BCUT2D eigenvalue weighted by Gasteiger charge is 2.16. The second-order valence-corrected chi connectivity index (χ2v) is 7.08. The fourth-order valence-electron chi connectivity index (χ4n) is 2.06. The van der Waals surface area contributed by atoms with Gasteiger partial charge in [-0.3, -0.25) is 4.79 Å². The van der Waals surface area contributed by atoms with Gasteiger partial charge in [0.1, 0.15) is 10.7 Å². The molecule has 0 aliphatic heterocycles. The molecule has 2 aromatic heterocycles. The Morgan fingerprint density at radius 1 is 1.33 bits per heavy atom. The third-order valence-electron chi connectivity index (χ3n) is 3.29. The molecule has 24 heavy (non-hydrogen) atoms. The molecule has 0 unspecified atom stereocenters. The SMILES string of the molecule is CC(C)(N)CNC(=O)c1csc(-c2cnn(-c3ccccc3)c2)n1. The number of aromatic nitrogens is 3. The quantitative estimate of drug-likeness (QED) is 0.746. The van der Waals surface area contributed by atoms with Crippen LogP contribution in [0, 0.1) is 0 Å². The molecule has 0 saturated heterocycles. The van der Waals surface area contributed by atoms with Gasteiger partial charge < -0.3 is 11.1 Å². The van der Waals surface area contributed by atoms with Crippen LogP contribution in [0.4, 0.5) is 0 Å². The molecule has 6 nitrogen and oxygen atoms in total. The Kier molecular flexibility index (Phi) is 4.46. The summed E-state index contributed by atoms with van der Waals surface area (Å²) in [5, 5.41) is 9.65. The molecule has 1 aromatic carbocycles. The minimum absolute atomic E-state index is 0.216. The lowest BCUT2D eigenvalue weighted by molar-refractivity contribution is 0.0942. The van der Waals surface area contributed by atoms with Crippen LogP contribution >= 0.6 is 11.3 Å². The Morgan fingerprint density at radius 3 is 2.79 bits per heavy atom. The predicted octanol–water partition coefficient (Wildman–Crippen LogP) is 2.46. The van der Waals surface area contributed by atoms with Crippen molar-refractivity contribution < 1.29 is 4.79 Å². The van der Waals surface area contributed by atoms with E-state index in [0.717, 1.165) is 16.3 Å². The molecule has 124 valence electrons. The number of para-hydroxylation sites is 1. The Balaban J connectivity index is 1.74. The van der Waals surface area contributed by atoms with Crippen LogP contribution in [-0.2, 0) is 0 Å². The van der Waals surface area contributed by atoms with Gasteiger partial charge in [0.25, 0.3) is 5.91 Å². The van der Waals surface area contributed by atoms with Gasteiger partial charge in [-0.1, -0.05) is 18.2 Å². The molecule has 3 rings (SSSR count). The van der Waals surface area contributed by atoms with Gasteiger partial charge in [0.2, 0.25) is 0 Å². The topological polar surface area (TPSA) is 85.8 Å². The molecule has 0 spiro atoms. The van der Waals surface area contributed by atoms with Crippen LogP contribution < -0.4 is 11.1 Å². The summed E-state index contributed by atoms with van der Waals surface area (Å²) in [6, 6.07) is 9.84. The lowest BCUT2D eigenvalue weighted by Gasteiger charge is -2.18. The van der Waals surface area contributed by atoms with E-state index in [1.807, 2.05) is 50.4 Å². The lowest BCUT2D eigenvalue weighted by Crippen LogP contribution is -2.45. The molecule has 0 saturated carbocycles. The van der Waals surface area contributed by atoms with Crippen LogP contribution in [0.3, 0.4) is 0 Å². The van der Waals surface area contributed by atoms with Crippen LogP contribution in [0.1, 0.15) is 24.3 Å². The predicted molar refractivity (Wildman–Crippen MR) is 95.3 cm³/mol. The number of rotatable bonds is 5. The van der Waals surface area contributed by atoms with Gasteiger partial charge in [-0.15, -0.1) is 11.3 Å². The first-order valence-electron chi connectivity index (χ1n) is 7.55. The standard InChI is InChI=1S/C17H19N5OS/c1-17(2,18)11-19-15(23)14-10-24-16(21-14)12-8-20-22(9-12)13-6-4-3-5-7-13/h3-10H,11,18H2,1-2H3,(H,19,23). The molecule has 0 atom stereocenters. The average molecular weight is 341 g/mol. The number of carbonyl (C=O) groups is 1. The van der Waals surface area contributed by atoms with Crippen LogP contribution in [0.15, 0.2) is 48.1 Å². The van der Waals surface area contributed by atoms with Crippen molar-refractivity contribution in [1.82, 2.24) is 20.1 Å². The van der Waals surface area contributed by atoms with Crippen LogP contribution in [0.25, 0.3) is 16.3 Å². The fraction of sp³-hybridized carbons (Fsp3) is 0.235. The molecule has 7 heteroatoms. The largest absolute Gasteiger partial charge is 0.349 e. The molecule has 0 bridgehead atoms. The number of nitrogens with one attached hydrogen (secondary N) is 1. The summed E-state index contributed by atoms with van der Waals surface area (Å²) >= 11 is 1.42. The Bertz CT molecular complexity index is 832. The number of hydrogen-bond donors (Lipinski definition) is 2. The van der Waals surface area contributed by atoms with E-state index < -0.39 is 5.54 Å². The molecule has 0 radical (unpaired) electrons. The Morgan fingerprint density at radius 2 is 2.08 bits per heavy atom. The van der Waals surface area contributed by atoms with Crippen molar-refractivity contribution in [3.05, 3.63) is 53.8 Å². The molecule has 3 aromatic rings. The molecular formula is C17H19N5OS. The molecular weight excluding hydrogens is 322 g/mol. The van der Waals surface area contributed by atoms with Crippen LogP contribution in [0.5, 0.6) is 0 Å². The van der Waals surface area contributed by atoms with Gasteiger partial charge >= 0.3 is 0 Å². The summed E-state index contributed by atoms with van der Waals surface area (Å²) in [6.45, 7) is 4.11. The van der Waals surface area contributed by atoms with Crippen molar-refractivity contribution in [2.24, 2.45) is 5.73 Å². The highest BCUT2D eigenvalue weighted by Crippen LogP contribution is 2.24. The molecule has 0 aliphatic carbocycles. The van der Waals surface area contributed by atoms with E-state index in [1.54, 1.807) is 16.3 Å². The first-order chi connectivity index (χ1) is 11.4. The van der Waals surface area contributed by atoms with E-state index in [-0.39, 0.29) is 5.91 Å². The minimum atomic E-state index is -0.453. The van der Waals surface area contributed by atoms with Gasteiger partial charge in [0.15, 0.2) is 0 Å². The first-order valence-corrected chi connectivity index (χ1v) is 8.43. The summed E-state index contributed by atoms with van der Waals surface area (Å²) in [7, 11) is 0. The van der Waals surface area contributed by atoms with Gasteiger partial charge in [0.05, 0.1) is 11.9 Å². The van der Waals surface area contributed by atoms with Crippen molar-refractivity contribution in [3.8, 4) is 16.3 Å². The van der Waals surface area contributed by atoms with E-state index in [2.05, 4.69) is 15.4 Å². The minimum Gasteiger partial charge on any atom is -0.349 e. The van der Waals surface area contributed by atoms with Gasteiger partial charge in [-0.25, -0.2) is 9.67 Å². The van der Waals surface area contributed by atoms with Crippen molar-refractivity contribution in [3.63, 3.8) is 0 Å². The van der Waals surface area contributed by atoms with Crippen LogP contribution in [-0.4, -0.2) is 32.8 Å². The monoisotopic (exact) mass is 341 g/mol. The van der Waals surface area contributed by atoms with E-state index >= 15 is 0 Å². The number of carbonyl (C=O) groups excluding carboxylic acids is 1. The van der Waals surface area contributed by atoms with Crippen molar-refractivity contribution in [2.75, 3.05) is 6.54 Å². The normalized spacial score (nSPS) is 11.5. The van der Waals surface area contributed by atoms with E-state index in [0.29, 0.717) is 12.2 Å². The third kappa shape index (κ3) is 3.87. The zero-order valence-corrected chi connectivity index (χ0v) is 14.4. The fourth-order valence-corrected chi connectivity index (χ4v) is 2.84. The third-order valence-corrected chi connectivity index (χ3v) is 4.18. The number of amides is 1. The first kappa shape index (κ1) is 16.4. The Hall–Kier alpha value is -2.51. The number of thiazole rings is 1. The van der Waals surface area contributed by atoms with Crippen molar-refractivity contribution >= 4 is 17.2 Å². The maximum atomic E-state index is 12.1. The zero-order chi connectivity index (χ0) is 17.2. The number of nitrogens with two attached hydrogens (primary N) is 1. The number of benzene rings is 1. The van der Waals surface area contributed by atoms with Gasteiger partial charge in [-0.05, 0) is 26.0 Å². The summed E-state index contributed by atoms with van der Waals surface area (Å²) in [5.41, 5.74) is 7.67. The summed E-state index contributed by atoms with van der Waals surface area (Å²) < 4.78 is 1.79. The highest BCUT2D eigenvalue weighted by atomic mass is 32.1. The van der Waals surface area contributed by atoms with Crippen LogP contribution in [0.2, 0.25) is 0 Å². The average Bonchev–Trinajstić information content (AvgIpc) is 3.21. The van der Waals surface area contributed by atoms with Crippen molar-refractivity contribution in [1.29, 1.82) is 0 Å².